The van der Waals surface area contributed by atoms with Crippen LogP contribution in [-0.4, -0.2) is 27.0 Å². The molecule has 4 rings (SSSR count). The molecule has 1 amide bonds. The van der Waals surface area contributed by atoms with E-state index in [2.05, 4.69) is 19.9 Å². The zero-order chi connectivity index (χ0) is 23.7. The number of nitrogens with zero attached hydrogens (tertiary/aromatic N) is 3. The van der Waals surface area contributed by atoms with Gasteiger partial charge in [0.15, 0.2) is 29.1 Å². The van der Waals surface area contributed by atoms with Crippen LogP contribution in [0.2, 0.25) is 0 Å². The Hall–Kier alpha value is -3.69. The smallest absolute Gasteiger partial charge is 0.257 e. The Kier molecular flexibility index (Phi) is 6.17. The molecule has 0 aliphatic carbocycles. The maximum atomic E-state index is 13.8. The number of aromatic nitrogens is 3. The summed E-state index contributed by atoms with van der Waals surface area (Å²) in [5.74, 6) is -6.73. The largest absolute Gasteiger partial charge is 0.382 e. The molecule has 0 aliphatic heterocycles. The Morgan fingerprint density at radius 2 is 1.76 bits per heavy atom. The maximum Gasteiger partial charge on any atom is 0.257 e. The van der Waals surface area contributed by atoms with E-state index in [9.17, 15) is 22.4 Å². The third-order valence-corrected chi connectivity index (χ3v) is 5.44. The average molecular weight is 459 g/mol. The number of hydrogen-bond donors (Lipinski definition) is 2. The van der Waals surface area contributed by atoms with Crippen molar-refractivity contribution in [3.8, 4) is 0 Å². The fraction of sp³-hybridized carbons (Fsp3) is 0.261. The molecule has 0 saturated heterocycles. The van der Waals surface area contributed by atoms with Crippen molar-refractivity contribution < 1.29 is 22.4 Å². The molecule has 172 valence electrons. The number of nitrogen functional groups attached to an aromatic ring is 1. The quantitative estimate of drug-likeness (QED) is 0.242. The highest BCUT2D eigenvalue weighted by atomic mass is 19.2. The van der Waals surface area contributed by atoms with Gasteiger partial charge in [0.05, 0.1) is 11.0 Å². The molecule has 0 radical (unpaired) electrons. The highest BCUT2D eigenvalue weighted by Gasteiger charge is 2.24. The Morgan fingerprint density at radius 3 is 2.45 bits per heavy atom. The number of unbranched alkanes of at least 4 members (excludes halogenated alkanes) is 1. The molecule has 10 heteroatoms. The van der Waals surface area contributed by atoms with E-state index in [0.717, 1.165) is 22.2 Å². The number of carbonyl (C=O) groups excluding carboxylic acids is 1. The van der Waals surface area contributed by atoms with Gasteiger partial charge in [-0.15, -0.1) is 0 Å². The summed E-state index contributed by atoms with van der Waals surface area (Å²) < 4.78 is 56.3. The van der Waals surface area contributed by atoms with Crippen molar-refractivity contribution in [1.29, 1.82) is 0 Å². The molecule has 3 N–H and O–H groups in total. The number of nitrogens with one attached hydrogen (secondary N) is 1. The maximum absolute atomic E-state index is 13.8. The minimum absolute atomic E-state index is 0.0637. The minimum atomic E-state index is -1.72. The lowest BCUT2D eigenvalue weighted by molar-refractivity contribution is 0.0942. The van der Waals surface area contributed by atoms with Crippen molar-refractivity contribution in [2.24, 2.45) is 0 Å². The number of benzene rings is 2. The van der Waals surface area contributed by atoms with E-state index in [1.54, 1.807) is 0 Å². The molecule has 0 atom stereocenters. The van der Waals surface area contributed by atoms with Gasteiger partial charge in [0, 0.05) is 31.0 Å². The van der Waals surface area contributed by atoms with E-state index < -0.39 is 34.7 Å². The second-order valence-electron chi connectivity index (χ2n) is 7.55. The minimum Gasteiger partial charge on any atom is -0.382 e. The number of nitrogens with two attached hydrogens (primary N) is 1. The van der Waals surface area contributed by atoms with Gasteiger partial charge in [0.1, 0.15) is 16.9 Å². The van der Waals surface area contributed by atoms with E-state index in [-0.39, 0.29) is 12.6 Å². The van der Waals surface area contributed by atoms with E-state index in [1.165, 1.54) is 0 Å². The van der Waals surface area contributed by atoms with Crippen molar-refractivity contribution in [3.63, 3.8) is 0 Å². The normalized spacial score (nSPS) is 11.4. The van der Waals surface area contributed by atoms with Crippen LogP contribution in [0.4, 0.5) is 23.4 Å². The molecule has 0 spiro atoms. The Labute approximate surface area is 186 Å². The number of anilines is 1. The standard InChI is InChI=1S/C23H21F4N5O/c1-2-16-31-20-21(12-7-3-4-8-15(12)30-22(20)28)32(16)10-6-5-9-29-23(33)17-18(26)13(24)11-14(25)19(17)27/h3-4,7-8,11H,2,5-6,9-10H2,1H3,(H2,28,30)(H,29,33). The van der Waals surface area contributed by atoms with Gasteiger partial charge in [-0.25, -0.2) is 27.5 Å². The molecule has 33 heavy (non-hydrogen) atoms. The lowest BCUT2D eigenvalue weighted by Gasteiger charge is -2.11. The van der Waals surface area contributed by atoms with Crippen LogP contribution in [0, 0.1) is 23.3 Å². The number of aryl methyl sites for hydroxylation is 2. The first kappa shape index (κ1) is 22.5. The molecule has 4 aromatic rings. The van der Waals surface area contributed by atoms with Crippen LogP contribution in [-0.2, 0) is 13.0 Å². The second kappa shape index (κ2) is 9.05. The van der Waals surface area contributed by atoms with Gasteiger partial charge in [-0.2, -0.15) is 0 Å². The van der Waals surface area contributed by atoms with Crippen LogP contribution in [0.3, 0.4) is 0 Å². The summed E-state index contributed by atoms with van der Waals surface area (Å²) in [6.07, 6.45) is 1.72. The molecule has 0 aliphatic rings. The Morgan fingerprint density at radius 1 is 1.06 bits per heavy atom. The number of fused-ring (bicyclic) bond motifs is 3. The molecule has 2 aromatic carbocycles. The summed E-state index contributed by atoms with van der Waals surface area (Å²) in [5.41, 5.74) is 7.10. The second-order valence-corrected chi connectivity index (χ2v) is 7.55. The first-order valence-corrected chi connectivity index (χ1v) is 10.5. The number of para-hydroxylation sites is 1. The van der Waals surface area contributed by atoms with Gasteiger partial charge in [-0.1, -0.05) is 25.1 Å². The molecule has 0 fully saturated rings. The summed E-state index contributed by atoms with van der Waals surface area (Å²) in [7, 11) is 0. The summed E-state index contributed by atoms with van der Waals surface area (Å²) in [6.45, 7) is 2.60. The predicted molar refractivity (Wildman–Crippen MR) is 117 cm³/mol. The number of rotatable bonds is 7. The number of pyridine rings is 1. The molecule has 2 aromatic heterocycles. The predicted octanol–water partition coefficient (Wildman–Crippen LogP) is 4.50. The SMILES string of the molecule is CCc1nc2c(N)nc3ccccc3c2n1CCCCNC(=O)c1c(F)c(F)cc(F)c1F. The highest BCUT2D eigenvalue weighted by Crippen LogP contribution is 2.29. The topological polar surface area (TPSA) is 85.8 Å². The van der Waals surface area contributed by atoms with Crippen LogP contribution >= 0.6 is 0 Å². The van der Waals surface area contributed by atoms with Gasteiger partial charge in [-0.05, 0) is 18.9 Å². The van der Waals surface area contributed by atoms with Crippen molar-refractivity contribution in [1.82, 2.24) is 19.9 Å². The van der Waals surface area contributed by atoms with Crippen LogP contribution in [0.15, 0.2) is 30.3 Å². The van der Waals surface area contributed by atoms with Gasteiger partial charge < -0.3 is 15.6 Å². The number of halogens is 4. The number of amides is 1. The first-order valence-electron chi connectivity index (χ1n) is 10.5. The molecule has 0 bridgehead atoms. The fourth-order valence-corrected chi connectivity index (χ4v) is 3.87. The number of carbonyl (C=O) groups is 1. The monoisotopic (exact) mass is 459 g/mol. The third-order valence-electron chi connectivity index (χ3n) is 5.44. The van der Waals surface area contributed by atoms with Gasteiger partial charge >= 0.3 is 0 Å². The fourth-order valence-electron chi connectivity index (χ4n) is 3.87. The molecular formula is C23H21F4N5O. The molecule has 6 nitrogen and oxygen atoms in total. The van der Waals surface area contributed by atoms with Crippen LogP contribution in [0.5, 0.6) is 0 Å². The Balaban J connectivity index is 1.48. The van der Waals surface area contributed by atoms with Crippen molar-refractivity contribution in [2.45, 2.75) is 32.7 Å². The lowest BCUT2D eigenvalue weighted by Crippen LogP contribution is -2.27. The van der Waals surface area contributed by atoms with E-state index in [4.69, 9.17) is 5.73 Å². The zero-order valence-corrected chi connectivity index (χ0v) is 17.8. The van der Waals surface area contributed by atoms with E-state index >= 15 is 0 Å². The summed E-state index contributed by atoms with van der Waals surface area (Å²) in [6, 6.07) is 7.67. The molecule has 0 saturated carbocycles. The summed E-state index contributed by atoms with van der Waals surface area (Å²) in [5, 5.41) is 3.23. The van der Waals surface area contributed by atoms with Crippen molar-refractivity contribution in [2.75, 3.05) is 12.3 Å². The number of imidazole rings is 1. The van der Waals surface area contributed by atoms with Crippen LogP contribution in [0.1, 0.15) is 35.9 Å². The molecule has 2 heterocycles. The van der Waals surface area contributed by atoms with E-state index in [0.29, 0.717) is 37.1 Å². The van der Waals surface area contributed by atoms with Gasteiger partial charge in [0.2, 0.25) is 0 Å². The number of hydrogen-bond acceptors (Lipinski definition) is 4. The van der Waals surface area contributed by atoms with Gasteiger partial charge in [0.25, 0.3) is 5.91 Å². The average Bonchev–Trinajstić information content (AvgIpc) is 3.17. The van der Waals surface area contributed by atoms with Crippen molar-refractivity contribution in [3.05, 3.63) is 65.0 Å². The third kappa shape index (κ3) is 4.08. The van der Waals surface area contributed by atoms with Crippen molar-refractivity contribution >= 4 is 33.7 Å². The molecule has 0 unspecified atom stereocenters. The Bertz CT molecular complexity index is 1340. The summed E-state index contributed by atoms with van der Waals surface area (Å²) >= 11 is 0. The molecular weight excluding hydrogens is 438 g/mol. The lowest BCUT2D eigenvalue weighted by atomic mass is 10.1. The van der Waals surface area contributed by atoms with E-state index in [1.807, 2.05) is 31.2 Å². The highest BCUT2D eigenvalue weighted by molar-refractivity contribution is 6.06. The zero-order valence-electron chi connectivity index (χ0n) is 17.8. The first-order chi connectivity index (χ1) is 15.8. The van der Waals surface area contributed by atoms with Crippen LogP contribution in [0.25, 0.3) is 21.9 Å². The van der Waals surface area contributed by atoms with Crippen LogP contribution < -0.4 is 11.1 Å². The summed E-state index contributed by atoms with van der Waals surface area (Å²) in [4.78, 5) is 21.1. The van der Waals surface area contributed by atoms with Gasteiger partial charge in [-0.3, -0.25) is 4.79 Å².